The molecule has 1 fully saturated rings. The van der Waals surface area contributed by atoms with E-state index in [1.54, 1.807) is 6.26 Å². The monoisotopic (exact) mass is 439 g/mol. The van der Waals surface area contributed by atoms with Crippen LogP contribution in [0, 0.1) is 5.92 Å². The molecule has 8 heteroatoms. The standard InChI is InChI=1S/C20H21N3O2S.2ClH/c21-12-14-8-4-9-15(14)22-19(24)18-17(13-6-2-1-3-7-13)23-20(26-18)16-10-5-11-25-16;;/h1-3,5-7,10-11,14-15H,4,8-9,12,21H2,(H,22,24);2*1H. The van der Waals surface area contributed by atoms with Crippen LogP contribution >= 0.6 is 36.2 Å². The fourth-order valence-electron chi connectivity index (χ4n) is 3.51. The van der Waals surface area contributed by atoms with Crippen LogP contribution in [-0.4, -0.2) is 23.5 Å². The van der Waals surface area contributed by atoms with Crippen molar-refractivity contribution in [2.75, 3.05) is 6.54 Å². The van der Waals surface area contributed by atoms with Crippen molar-refractivity contribution in [1.29, 1.82) is 0 Å². The fourth-order valence-corrected chi connectivity index (χ4v) is 4.47. The molecule has 3 N–H and O–H groups in total. The van der Waals surface area contributed by atoms with Gasteiger partial charge in [-0.3, -0.25) is 4.79 Å². The van der Waals surface area contributed by atoms with Crippen LogP contribution in [0.3, 0.4) is 0 Å². The maximum absolute atomic E-state index is 13.0. The highest BCUT2D eigenvalue weighted by molar-refractivity contribution is 7.17. The summed E-state index contributed by atoms with van der Waals surface area (Å²) in [4.78, 5) is 18.3. The zero-order valence-corrected chi connectivity index (χ0v) is 17.6. The molecule has 0 radical (unpaired) electrons. The molecular formula is C20H23Cl2N3O2S. The first-order valence-electron chi connectivity index (χ1n) is 8.87. The van der Waals surface area contributed by atoms with Gasteiger partial charge in [0, 0.05) is 11.6 Å². The highest BCUT2D eigenvalue weighted by Gasteiger charge is 2.29. The van der Waals surface area contributed by atoms with Gasteiger partial charge in [0.15, 0.2) is 10.8 Å². The van der Waals surface area contributed by atoms with Crippen molar-refractivity contribution in [3.63, 3.8) is 0 Å². The number of carbonyl (C=O) groups excluding carboxylic acids is 1. The summed E-state index contributed by atoms with van der Waals surface area (Å²) >= 11 is 1.36. The predicted molar refractivity (Wildman–Crippen MR) is 117 cm³/mol. The normalized spacial score (nSPS) is 18.2. The summed E-state index contributed by atoms with van der Waals surface area (Å²) in [6.07, 6.45) is 4.78. The van der Waals surface area contributed by atoms with Crippen LogP contribution in [-0.2, 0) is 0 Å². The van der Waals surface area contributed by atoms with E-state index in [0.29, 0.717) is 33.8 Å². The highest BCUT2D eigenvalue weighted by Crippen LogP contribution is 2.34. The Morgan fingerprint density at radius 2 is 1.96 bits per heavy atom. The Morgan fingerprint density at radius 1 is 1.18 bits per heavy atom. The van der Waals surface area contributed by atoms with Crippen LogP contribution in [0.5, 0.6) is 0 Å². The molecule has 1 aliphatic carbocycles. The zero-order valence-electron chi connectivity index (χ0n) is 15.2. The Morgan fingerprint density at radius 3 is 2.64 bits per heavy atom. The van der Waals surface area contributed by atoms with E-state index in [0.717, 1.165) is 24.8 Å². The number of hydrogen-bond acceptors (Lipinski definition) is 5. The van der Waals surface area contributed by atoms with Gasteiger partial charge < -0.3 is 15.5 Å². The van der Waals surface area contributed by atoms with Gasteiger partial charge in [-0.15, -0.1) is 36.2 Å². The molecule has 1 aromatic carbocycles. The van der Waals surface area contributed by atoms with E-state index in [2.05, 4.69) is 5.32 Å². The second-order valence-electron chi connectivity index (χ2n) is 6.55. The number of hydrogen-bond donors (Lipinski definition) is 2. The van der Waals surface area contributed by atoms with Crippen molar-refractivity contribution in [1.82, 2.24) is 10.3 Å². The van der Waals surface area contributed by atoms with Gasteiger partial charge >= 0.3 is 0 Å². The number of benzene rings is 1. The minimum atomic E-state index is -0.0792. The summed E-state index contributed by atoms with van der Waals surface area (Å²) in [7, 11) is 0. The van der Waals surface area contributed by atoms with Crippen LogP contribution < -0.4 is 11.1 Å². The number of nitrogens with two attached hydrogens (primary N) is 1. The first-order chi connectivity index (χ1) is 12.8. The summed E-state index contributed by atoms with van der Waals surface area (Å²) in [5.74, 6) is 0.952. The number of nitrogens with zero attached hydrogens (tertiary/aromatic N) is 1. The molecule has 1 amide bonds. The smallest absolute Gasteiger partial charge is 0.263 e. The van der Waals surface area contributed by atoms with Crippen molar-refractivity contribution >= 4 is 42.1 Å². The molecule has 2 atom stereocenters. The van der Waals surface area contributed by atoms with Gasteiger partial charge in [0.05, 0.1) is 12.0 Å². The fraction of sp³-hybridized carbons (Fsp3) is 0.300. The number of nitrogens with one attached hydrogen (secondary N) is 1. The topological polar surface area (TPSA) is 81.1 Å². The first kappa shape index (κ1) is 22.4. The number of thiazole rings is 1. The lowest BCUT2D eigenvalue weighted by Gasteiger charge is -2.19. The van der Waals surface area contributed by atoms with Crippen LogP contribution in [0.1, 0.15) is 28.9 Å². The maximum Gasteiger partial charge on any atom is 0.263 e. The van der Waals surface area contributed by atoms with E-state index in [-0.39, 0.29) is 36.8 Å². The molecule has 1 aliphatic rings. The van der Waals surface area contributed by atoms with E-state index >= 15 is 0 Å². The number of furan rings is 1. The quantitative estimate of drug-likeness (QED) is 0.599. The van der Waals surface area contributed by atoms with E-state index < -0.39 is 0 Å². The third kappa shape index (κ3) is 4.58. The van der Waals surface area contributed by atoms with Gasteiger partial charge in [0.2, 0.25) is 0 Å². The number of amides is 1. The van der Waals surface area contributed by atoms with Crippen LogP contribution in [0.4, 0.5) is 0 Å². The summed E-state index contributed by atoms with van der Waals surface area (Å²) < 4.78 is 5.47. The second kappa shape index (κ2) is 10.1. The average molecular weight is 440 g/mol. The minimum Gasteiger partial charge on any atom is -0.462 e. The van der Waals surface area contributed by atoms with Crippen LogP contribution in [0.2, 0.25) is 0 Å². The molecular weight excluding hydrogens is 417 g/mol. The third-order valence-corrected chi connectivity index (χ3v) is 5.96. The first-order valence-corrected chi connectivity index (χ1v) is 9.69. The highest BCUT2D eigenvalue weighted by atomic mass is 35.5. The van der Waals surface area contributed by atoms with Crippen molar-refractivity contribution in [3.8, 4) is 22.0 Å². The van der Waals surface area contributed by atoms with Gasteiger partial charge in [-0.1, -0.05) is 36.8 Å². The zero-order chi connectivity index (χ0) is 17.9. The van der Waals surface area contributed by atoms with E-state index in [9.17, 15) is 4.79 Å². The lowest BCUT2D eigenvalue weighted by molar-refractivity contribution is 0.0933. The van der Waals surface area contributed by atoms with Crippen LogP contribution in [0.15, 0.2) is 53.1 Å². The summed E-state index contributed by atoms with van der Waals surface area (Å²) in [6, 6.07) is 13.6. The Kier molecular flexibility index (Phi) is 8.07. The molecule has 0 saturated heterocycles. The van der Waals surface area contributed by atoms with Crippen molar-refractivity contribution in [2.45, 2.75) is 25.3 Å². The summed E-state index contributed by atoms with van der Waals surface area (Å²) in [6.45, 7) is 0.608. The average Bonchev–Trinajstić information content (AvgIpc) is 3.41. The Hall–Kier alpha value is -1.86. The minimum absolute atomic E-state index is 0. The van der Waals surface area contributed by atoms with Gasteiger partial charge in [-0.2, -0.15) is 0 Å². The molecule has 2 aromatic heterocycles. The largest absolute Gasteiger partial charge is 0.462 e. The molecule has 5 nitrogen and oxygen atoms in total. The molecule has 0 spiro atoms. The number of halogens is 2. The predicted octanol–water partition coefficient (Wildman–Crippen LogP) is 4.77. The van der Waals surface area contributed by atoms with Crippen molar-refractivity contribution in [3.05, 3.63) is 53.6 Å². The lowest BCUT2D eigenvalue weighted by Crippen LogP contribution is -2.39. The SMILES string of the molecule is Cl.Cl.NCC1CCCC1NC(=O)c1sc(-c2ccco2)nc1-c1ccccc1. The number of aromatic nitrogens is 1. The molecule has 28 heavy (non-hydrogen) atoms. The lowest BCUT2D eigenvalue weighted by atomic mass is 10.0. The third-order valence-electron chi connectivity index (χ3n) is 4.89. The molecule has 0 bridgehead atoms. The van der Waals surface area contributed by atoms with Gasteiger partial charge in [0.25, 0.3) is 5.91 Å². The molecule has 4 rings (SSSR count). The van der Waals surface area contributed by atoms with Gasteiger partial charge in [0.1, 0.15) is 4.88 Å². The van der Waals surface area contributed by atoms with Crippen molar-refractivity contribution in [2.24, 2.45) is 11.7 Å². The van der Waals surface area contributed by atoms with E-state index in [1.165, 1.54) is 11.3 Å². The Bertz CT molecular complexity index is 884. The molecule has 1 saturated carbocycles. The Balaban J connectivity index is 0.00000140. The summed E-state index contributed by atoms with van der Waals surface area (Å²) in [5, 5.41) is 3.89. The molecule has 150 valence electrons. The van der Waals surface area contributed by atoms with Gasteiger partial charge in [-0.25, -0.2) is 4.98 Å². The van der Waals surface area contributed by atoms with E-state index in [1.807, 2.05) is 42.5 Å². The molecule has 2 heterocycles. The summed E-state index contributed by atoms with van der Waals surface area (Å²) in [5.41, 5.74) is 7.48. The molecule has 2 unspecified atom stereocenters. The maximum atomic E-state index is 13.0. The van der Waals surface area contributed by atoms with E-state index in [4.69, 9.17) is 15.1 Å². The Labute approximate surface area is 180 Å². The van der Waals surface area contributed by atoms with Crippen LogP contribution in [0.25, 0.3) is 22.0 Å². The number of carbonyl (C=O) groups is 1. The molecule has 3 aromatic rings. The molecule has 0 aliphatic heterocycles. The van der Waals surface area contributed by atoms with Crippen molar-refractivity contribution < 1.29 is 9.21 Å². The second-order valence-corrected chi connectivity index (χ2v) is 7.55. The number of rotatable bonds is 5. The van der Waals surface area contributed by atoms with Gasteiger partial charge in [-0.05, 0) is 37.4 Å².